The minimum absolute atomic E-state index is 0.158. The van der Waals surface area contributed by atoms with Crippen molar-refractivity contribution in [2.45, 2.75) is 72.8 Å². The largest absolute Gasteiger partial charge is 0.437 e. The predicted molar refractivity (Wildman–Crippen MR) is 122 cm³/mol. The molecule has 0 fully saturated rings. The molecule has 3 N–H and O–H groups in total. The van der Waals surface area contributed by atoms with Gasteiger partial charge >= 0.3 is 7.60 Å². The fourth-order valence-corrected chi connectivity index (χ4v) is 14.6. The Hall–Kier alpha value is 0.390. The Kier molecular flexibility index (Phi) is 8.13. The molecule has 5 nitrogen and oxygen atoms in total. The number of allylic oxidation sites excluding steroid dienone is 3. The molecular formula is C18H36O5P2S2. The fraction of sp³-hybridized carbons (Fsp3) is 0.778. The molecule has 160 valence electrons. The standard InChI is InChI=1S/C18H36O5P2S2/c1-11(2)16-15(9)17(12(3)4)27(13(5)6,14(7)8)18(16)23-25(22,26)10-24(19,20)21/h11-14H,10H2,1-9H3,(H,22,26)(H2,19,20,21). The van der Waals surface area contributed by atoms with Gasteiger partial charge < -0.3 is 19.2 Å². The van der Waals surface area contributed by atoms with E-state index in [0.717, 1.165) is 5.57 Å². The van der Waals surface area contributed by atoms with Gasteiger partial charge in [0.2, 0.25) is 6.49 Å². The van der Waals surface area contributed by atoms with Crippen molar-refractivity contribution in [3.63, 3.8) is 0 Å². The molecule has 0 bridgehead atoms. The quantitative estimate of drug-likeness (QED) is 0.394. The first kappa shape index (κ1) is 25.4. The van der Waals surface area contributed by atoms with E-state index in [1.807, 2.05) is 0 Å². The molecule has 1 atom stereocenters. The molecule has 0 aromatic rings. The molecule has 1 aliphatic heterocycles. The summed E-state index contributed by atoms with van der Waals surface area (Å²) in [6.45, 7) is 15.6. The van der Waals surface area contributed by atoms with Crippen LogP contribution < -0.4 is 0 Å². The number of hydrogen-bond acceptors (Lipinski definition) is 3. The van der Waals surface area contributed by atoms with Gasteiger partial charge in [-0.25, -0.2) is 0 Å². The van der Waals surface area contributed by atoms with Gasteiger partial charge in [0.25, 0.3) is 0 Å². The van der Waals surface area contributed by atoms with Crippen molar-refractivity contribution >= 4 is 35.9 Å². The van der Waals surface area contributed by atoms with Crippen LogP contribution in [0, 0.1) is 11.8 Å². The predicted octanol–water partition coefficient (Wildman–Crippen LogP) is 5.87. The Bertz CT molecular complexity index is 724. The van der Waals surface area contributed by atoms with Gasteiger partial charge in [-0.15, -0.1) is 0 Å². The van der Waals surface area contributed by atoms with Crippen LogP contribution in [0.1, 0.15) is 62.3 Å². The van der Waals surface area contributed by atoms with Gasteiger partial charge in [-0.1, -0.05) is 55.4 Å². The summed E-state index contributed by atoms with van der Waals surface area (Å²) in [5.41, 5.74) is 2.24. The van der Waals surface area contributed by atoms with Crippen LogP contribution in [0.5, 0.6) is 0 Å². The molecule has 9 heteroatoms. The van der Waals surface area contributed by atoms with Gasteiger partial charge in [0.15, 0.2) is 5.09 Å². The van der Waals surface area contributed by atoms with Crippen LogP contribution >= 0.6 is 24.1 Å². The minimum atomic E-state index is -4.48. The maximum atomic E-state index is 11.5. The van der Waals surface area contributed by atoms with Crippen molar-refractivity contribution in [1.82, 2.24) is 0 Å². The molecule has 27 heavy (non-hydrogen) atoms. The summed E-state index contributed by atoms with van der Waals surface area (Å²) in [6, 6.07) is 0. The van der Waals surface area contributed by atoms with E-state index >= 15 is 0 Å². The van der Waals surface area contributed by atoms with E-state index in [9.17, 15) is 19.2 Å². The molecule has 0 aromatic carbocycles. The smallest absolute Gasteiger partial charge is 0.336 e. The first-order chi connectivity index (χ1) is 12.0. The van der Waals surface area contributed by atoms with Crippen LogP contribution in [-0.2, 0) is 20.9 Å². The third kappa shape index (κ3) is 5.12. The normalized spacial score (nSPS) is 21.6. The highest BCUT2D eigenvalue weighted by molar-refractivity contribution is 8.40. The van der Waals surface area contributed by atoms with Gasteiger partial charge in [0.05, 0.1) is 0 Å². The summed E-state index contributed by atoms with van der Waals surface area (Å²) in [5, 5.41) is 1.21. The zero-order chi connectivity index (χ0) is 21.5. The van der Waals surface area contributed by atoms with E-state index in [0.29, 0.717) is 11.0 Å². The number of hydrogen-bond donors (Lipinski definition) is 3. The van der Waals surface area contributed by atoms with E-state index in [2.05, 4.69) is 62.3 Å². The second kappa shape index (κ2) is 8.63. The van der Waals surface area contributed by atoms with E-state index in [1.165, 1.54) is 10.5 Å². The average molecular weight is 459 g/mol. The van der Waals surface area contributed by atoms with Crippen molar-refractivity contribution in [3.8, 4) is 0 Å². The third-order valence-corrected chi connectivity index (χ3v) is 15.0. The van der Waals surface area contributed by atoms with Gasteiger partial charge in [0, 0.05) is 5.57 Å². The molecule has 1 aliphatic rings. The van der Waals surface area contributed by atoms with E-state index < -0.39 is 30.0 Å². The highest BCUT2D eigenvalue weighted by atomic mass is 32.5. The molecule has 1 rings (SSSR count). The van der Waals surface area contributed by atoms with E-state index in [1.54, 1.807) is 0 Å². The van der Waals surface area contributed by atoms with Crippen molar-refractivity contribution in [2.75, 3.05) is 5.90 Å². The molecule has 0 saturated carbocycles. The summed E-state index contributed by atoms with van der Waals surface area (Å²) >= 11 is 5.20. The van der Waals surface area contributed by atoms with Crippen LogP contribution in [0.3, 0.4) is 0 Å². The zero-order valence-corrected chi connectivity index (χ0v) is 21.3. The highest BCUT2D eigenvalue weighted by Gasteiger charge is 2.50. The van der Waals surface area contributed by atoms with Crippen LogP contribution in [-0.4, -0.2) is 31.1 Å². The molecule has 0 amide bonds. The van der Waals surface area contributed by atoms with Gasteiger partial charge in [0.1, 0.15) is 5.90 Å². The van der Waals surface area contributed by atoms with Crippen molar-refractivity contribution in [2.24, 2.45) is 11.8 Å². The fourth-order valence-electron chi connectivity index (χ4n) is 4.30. The zero-order valence-electron chi connectivity index (χ0n) is 17.9. The summed E-state index contributed by atoms with van der Waals surface area (Å²) in [5.74, 6) is -0.338. The minimum Gasteiger partial charge on any atom is -0.437 e. The lowest BCUT2D eigenvalue weighted by molar-refractivity contribution is 0.371. The SMILES string of the molecule is CC1=C(C(C)C)S(C(C)C)(C(C)C)C(OP(O)(=S)CP(=O)(O)O)=C1C(C)C. The highest BCUT2D eigenvalue weighted by Crippen LogP contribution is 2.78. The summed E-state index contributed by atoms with van der Waals surface area (Å²) in [7, 11) is -6.11. The first-order valence-corrected chi connectivity index (χ1v) is 15.7. The summed E-state index contributed by atoms with van der Waals surface area (Å²) < 4.78 is 17.6. The lowest BCUT2D eigenvalue weighted by Crippen LogP contribution is -2.26. The van der Waals surface area contributed by atoms with Gasteiger partial charge in [-0.05, 0) is 51.5 Å². The average Bonchev–Trinajstić information content (AvgIpc) is 2.64. The van der Waals surface area contributed by atoms with Crippen molar-refractivity contribution in [3.05, 3.63) is 21.1 Å². The van der Waals surface area contributed by atoms with Crippen LogP contribution in [0.2, 0.25) is 0 Å². The van der Waals surface area contributed by atoms with Crippen LogP contribution in [0.25, 0.3) is 0 Å². The number of rotatable bonds is 8. The first-order valence-electron chi connectivity index (χ1n) is 9.31. The summed E-state index contributed by atoms with van der Waals surface area (Å²) in [4.78, 5) is 30.8. The molecule has 0 saturated heterocycles. The third-order valence-electron chi connectivity index (χ3n) is 4.84. The summed E-state index contributed by atoms with van der Waals surface area (Å²) in [6.07, 6.45) is 0. The van der Waals surface area contributed by atoms with E-state index in [4.69, 9.17) is 16.3 Å². The van der Waals surface area contributed by atoms with Crippen LogP contribution in [0.15, 0.2) is 21.1 Å². The molecular weight excluding hydrogens is 422 g/mol. The van der Waals surface area contributed by atoms with Crippen molar-refractivity contribution in [1.29, 1.82) is 0 Å². The Morgan fingerprint density at radius 2 is 1.41 bits per heavy atom. The second-order valence-corrected chi connectivity index (χ2v) is 18.1. The molecule has 0 radical (unpaired) electrons. The molecule has 0 aromatic heterocycles. The van der Waals surface area contributed by atoms with E-state index in [-0.39, 0.29) is 16.4 Å². The monoisotopic (exact) mass is 458 g/mol. The Balaban J connectivity index is 3.78. The molecule has 1 unspecified atom stereocenters. The topological polar surface area (TPSA) is 87.0 Å². The Labute approximate surface area is 171 Å². The second-order valence-electron chi connectivity index (χ2n) is 8.34. The maximum absolute atomic E-state index is 11.5. The lowest BCUT2D eigenvalue weighted by Gasteiger charge is -2.50. The maximum Gasteiger partial charge on any atom is 0.336 e. The molecule has 0 spiro atoms. The van der Waals surface area contributed by atoms with Gasteiger partial charge in [-0.2, -0.15) is 10.0 Å². The Morgan fingerprint density at radius 1 is 0.963 bits per heavy atom. The van der Waals surface area contributed by atoms with Gasteiger partial charge in [-0.3, -0.25) is 4.57 Å². The molecule has 1 heterocycles. The Morgan fingerprint density at radius 3 is 1.70 bits per heavy atom. The molecule has 0 aliphatic carbocycles. The van der Waals surface area contributed by atoms with Crippen LogP contribution in [0.4, 0.5) is 0 Å². The van der Waals surface area contributed by atoms with Crippen molar-refractivity contribution < 1.29 is 23.8 Å². The lowest BCUT2D eigenvalue weighted by atomic mass is 9.95.